The molecule has 0 aliphatic rings. The van der Waals surface area contributed by atoms with Gasteiger partial charge in [-0.05, 0) is 19.4 Å². The Morgan fingerprint density at radius 3 is 2.50 bits per heavy atom. The molecule has 0 rings (SSSR count). The van der Waals surface area contributed by atoms with E-state index in [2.05, 4.69) is 0 Å². The van der Waals surface area contributed by atoms with Crippen molar-refractivity contribution < 1.29 is 5.11 Å². The lowest BCUT2D eigenvalue weighted by Gasteiger charge is -1.87. The summed E-state index contributed by atoms with van der Waals surface area (Å²) in [7, 11) is 0. The molecule has 0 saturated carbocycles. The number of aliphatic hydroxyl groups excluding tert-OH is 1. The highest BCUT2D eigenvalue weighted by molar-refractivity contribution is 5.14. The molecule has 0 aromatic carbocycles. The molecular formula is C9H14O. The molecule has 0 spiro atoms. The number of hydrogen-bond acceptors (Lipinski definition) is 1. The highest BCUT2D eigenvalue weighted by atomic mass is 16.3. The van der Waals surface area contributed by atoms with Crippen LogP contribution in [0.4, 0.5) is 0 Å². The summed E-state index contributed by atoms with van der Waals surface area (Å²) in [6.07, 6.45) is 9.63. The normalized spacial score (nSPS) is 13.7. The van der Waals surface area contributed by atoms with Crippen molar-refractivity contribution in [1.82, 2.24) is 0 Å². The molecule has 0 aromatic heterocycles. The predicted octanol–water partition coefficient (Wildman–Crippen LogP) is 2.06. The third-order valence-electron chi connectivity index (χ3n) is 1.04. The van der Waals surface area contributed by atoms with Gasteiger partial charge in [0, 0.05) is 0 Å². The summed E-state index contributed by atoms with van der Waals surface area (Å²) in [5.41, 5.74) is 0.973. The molecule has 0 saturated heterocycles. The van der Waals surface area contributed by atoms with E-state index in [-0.39, 0.29) is 6.61 Å². The Labute approximate surface area is 62.4 Å². The quantitative estimate of drug-likeness (QED) is 0.592. The van der Waals surface area contributed by atoms with Gasteiger partial charge in [-0.2, -0.15) is 0 Å². The summed E-state index contributed by atoms with van der Waals surface area (Å²) in [5.74, 6) is 0. The van der Waals surface area contributed by atoms with Crippen molar-refractivity contribution >= 4 is 0 Å². The molecule has 0 aromatic rings. The van der Waals surface area contributed by atoms with Gasteiger partial charge in [-0.25, -0.2) is 0 Å². The molecule has 10 heavy (non-hydrogen) atoms. The molecule has 0 amide bonds. The first-order chi connectivity index (χ1) is 4.81. The van der Waals surface area contributed by atoms with Crippen molar-refractivity contribution in [3.63, 3.8) is 0 Å². The summed E-state index contributed by atoms with van der Waals surface area (Å²) in [4.78, 5) is 0. The summed E-state index contributed by atoms with van der Waals surface area (Å²) in [6, 6.07) is 0. The van der Waals surface area contributed by atoms with E-state index < -0.39 is 0 Å². The zero-order chi connectivity index (χ0) is 7.82. The van der Waals surface area contributed by atoms with E-state index in [1.54, 1.807) is 0 Å². The minimum atomic E-state index is 0.139. The standard InChI is InChI=1S/C9H14O/c1-3-4-5-6-7-9(2)8-10/h3-7,10H,8H2,1-2H3/b4-3-,6-5-,9-7+. The van der Waals surface area contributed by atoms with Gasteiger partial charge >= 0.3 is 0 Å². The molecule has 0 bridgehead atoms. The third kappa shape index (κ3) is 5.32. The van der Waals surface area contributed by atoms with Gasteiger partial charge in [-0.15, -0.1) is 0 Å². The summed E-state index contributed by atoms with van der Waals surface area (Å²) >= 11 is 0. The van der Waals surface area contributed by atoms with Gasteiger partial charge in [-0.3, -0.25) is 0 Å². The van der Waals surface area contributed by atoms with Crippen LogP contribution in [0.3, 0.4) is 0 Å². The maximum Gasteiger partial charge on any atom is 0.0642 e. The van der Waals surface area contributed by atoms with Crippen LogP contribution in [0.2, 0.25) is 0 Å². The Bertz CT molecular complexity index is 152. The van der Waals surface area contributed by atoms with Crippen LogP contribution in [0.25, 0.3) is 0 Å². The molecule has 0 aliphatic carbocycles. The smallest absolute Gasteiger partial charge is 0.0642 e. The van der Waals surface area contributed by atoms with Crippen LogP contribution < -0.4 is 0 Å². The van der Waals surface area contributed by atoms with Crippen LogP contribution in [0.5, 0.6) is 0 Å². The van der Waals surface area contributed by atoms with Crippen LogP contribution in [0.1, 0.15) is 13.8 Å². The summed E-state index contributed by atoms with van der Waals surface area (Å²) in [5, 5.41) is 8.57. The molecule has 0 fully saturated rings. The maximum absolute atomic E-state index is 8.57. The second-order valence-electron chi connectivity index (χ2n) is 2.08. The highest BCUT2D eigenvalue weighted by Crippen LogP contribution is 1.89. The number of aliphatic hydroxyl groups is 1. The van der Waals surface area contributed by atoms with Crippen molar-refractivity contribution in [1.29, 1.82) is 0 Å². The molecule has 0 radical (unpaired) electrons. The van der Waals surface area contributed by atoms with Crippen molar-refractivity contribution in [3.05, 3.63) is 36.0 Å². The molecular weight excluding hydrogens is 124 g/mol. The average Bonchev–Trinajstić information content (AvgIpc) is 1.98. The van der Waals surface area contributed by atoms with E-state index >= 15 is 0 Å². The minimum Gasteiger partial charge on any atom is -0.392 e. The fourth-order valence-corrected chi connectivity index (χ4v) is 0.448. The zero-order valence-electron chi connectivity index (χ0n) is 6.54. The highest BCUT2D eigenvalue weighted by Gasteiger charge is 1.77. The van der Waals surface area contributed by atoms with E-state index in [9.17, 15) is 0 Å². The zero-order valence-corrected chi connectivity index (χ0v) is 6.54. The van der Waals surface area contributed by atoms with Gasteiger partial charge in [0.05, 0.1) is 6.61 Å². The SMILES string of the molecule is C\C=C/C=C\C=C(/C)CO. The Morgan fingerprint density at radius 2 is 2.00 bits per heavy atom. The van der Waals surface area contributed by atoms with Crippen LogP contribution in [-0.4, -0.2) is 11.7 Å². The molecule has 1 heteroatoms. The predicted molar refractivity (Wildman–Crippen MR) is 44.8 cm³/mol. The number of rotatable bonds is 3. The van der Waals surface area contributed by atoms with Crippen LogP contribution in [-0.2, 0) is 0 Å². The van der Waals surface area contributed by atoms with E-state index in [0.717, 1.165) is 5.57 Å². The third-order valence-corrected chi connectivity index (χ3v) is 1.04. The molecule has 0 atom stereocenters. The Kier molecular flexibility index (Phi) is 5.79. The summed E-state index contributed by atoms with van der Waals surface area (Å²) < 4.78 is 0. The van der Waals surface area contributed by atoms with E-state index in [0.29, 0.717) is 0 Å². The van der Waals surface area contributed by atoms with E-state index in [4.69, 9.17) is 5.11 Å². The molecule has 1 nitrogen and oxygen atoms in total. The fourth-order valence-electron chi connectivity index (χ4n) is 0.448. The molecule has 0 aliphatic heterocycles. The van der Waals surface area contributed by atoms with Crippen molar-refractivity contribution in [2.75, 3.05) is 6.61 Å². The lowest BCUT2D eigenvalue weighted by atomic mass is 10.3. The van der Waals surface area contributed by atoms with Gasteiger partial charge in [-0.1, -0.05) is 30.4 Å². The Balaban J connectivity index is 3.70. The fraction of sp³-hybridized carbons (Fsp3) is 0.333. The molecule has 0 heterocycles. The average molecular weight is 138 g/mol. The van der Waals surface area contributed by atoms with Gasteiger partial charge in [0.2, 0.25) is 0 Å². The molecule has 0 unspecified atom stereocenters. The van der Waals surface area contributed by atoms with Crippen molar-refractivity contribution in [2.24, 2.45) is 0 Å². The van der Waals surface area contributed by atoms with Gasteiger partial charge in [0.15, 0.2) is 0 Å². The lowest BCUT2D eigenvalue weighted by molar-refractivity contribution is 0.331. The molecule has 56 valence electrons. The Morgan fingerprint density at radius 1 is 1.30 bits per heavy atom. The van der Waals surface area contributed by atoms with Gasteiger partial charge in [0.1, 0.15) is 0 Å². The van der Waals surface area contributed by atoms with Crippen LogP contribution >= 0.6 is 0 Å². The van der Waals surface area contributed by atoms with Crippen molar-refractivity contribution in [3.8, 4) is 0 Å². The largest absolute Gasteiger partial charge is 0.392 e. The monoisotopic (exact) mass is 138 g/mol. The van der Waals surface area contributed by atoms with E-state index in [1.807, 2.05) is 44.2 Å². The van der Waals surface area contributed by atoms with Gasteiger partial charge < -0.3 is 5.11 Å². The van der Waals surface area contributed by atoms with Crippen LogP contribution in [0, 0.1) is 0 Å². The molecule has 1 N–H and O–H groups in total. The minimum absolute atomic E-state index is 0.139. The first-order valence-electron chi connectivity index (χ1n) is 3.37. The number of hydrogen-bond donors (Lipinski definition) is 1. The van der Waals surface area contributed by atoms with Crippen LogP contribution in [0.15, 0.2) is 36.0 Å². The number of allylic oxidation sites excluding steroid dienone is 5. The first kappa shape index (κ1) is 9.18. The van der Waals surface area contributed by atoms with E-state index in [1.165, 1.54) is 0 Å². The van der Waals surface area contributed by atoms with Crippen molar-refractivity contribution in [2.45, 2.75) is 13.8 Å². The maximum atomic E-state index is 8.57. The van der Waals surface area contributed by atoms with Gasteiger partial charge in [0.25, 0.3) is 0 Å². The second-order valence-corrected chi connectivity index (χ2v) is 2.08. The summed E-state index contributed by atoms with van der Waals surface area (Å²) in [6.45, 7) is 3.99. The Hall–Kier alpha value is -0.820. The lowest BCUT2D eigenvalue weighted by Crippen LogP contribution is -1.80. The first-order valence-corrected chi connectivity index (χ1v) is 3.37. The topological polar surface area (TPSA) is 20.2 Å². The second kappa shape index (κ2) is 6.30.